The van der Waals surface area contributed by atoms with Crippen LogP contribution >= 0.6 is 0 Å². The minimum atomic E-state index is -0.169. The number of benzene rings is 1. The van der Waals surface area contributed by atoms with E-state index in [0.29, 0.717) is 12.5 Å². The van der Waals surface area contributed by atoms with Crippen molar-refractivity contribution in [2.45, 2.75) is 39.2 Å². The molecular formula is C13H16O2. The molecule has 15 heavy (non-hydrogen) atoms. The minimum absolute atomic E-state index is 0.169. The number of ether oxygens (including phenoxy) is 1. The van der Waals surface area contributed by atoms with Crippen LogP contribution in [0, 0.1) is 0 Å². The predicted molar refractivity (Wildman–Crippen MR) is 58.9 cm³/mol. The smallest absolute Gasteiger partial charge is 0.338 e. The third kappa shape index (κ3) is 1.76. The Morgan fingerprint density at radius 2 is 2.07 bits per heavy atom. The molecule has 0 bridgehead atoms. The highest BCUT2D eigenvalue weighted by atomic mass is 16.5. The van der Waals surface area contributed by atoms with E-state index in [1.165, 1.54) is 5.56 Å². The topological polar surface area (TPSA) is 26.3 Å². The Morgan fingerprint density at radius 3 is 2.73 bits per heavy atom. The van der Waals surface area contributed by atoms with Crippen LogP contribution in [0.4, 0.5) is 0 Å². The second kappa shape index (κ2) is 4.05. The first kappa shape index (κ1) is 10.2. The van der Waals surface area contributed by atoms with Gasteiger partial charge in [-0.15, -0.1) is 0 Å². The van der Waals surface area contributed by atoms with Crippen molar-refractivity contribution in [2.24, 2.45) is 0 Å². The molecule has 1 aromatic rings. The van der Waals surface area contributed by atoms with Crippen molar-refractivity contribution in [1.82, 2.24) is 0 Å². The van der Waals surface area contributed by atoms with Crippen LogP contribution in [0.2, 0.25) is 0 Å². The molecule has 2 rings (SSSR count). The standard InChI is InChI=1S/C13H16O2/c1-3-9(4-2)10-5-6-11-8-15-13(14)12(11)7-10/h5-7,9H,3-4,8H2,1-2H3. The molecule has 0 atom stereocenters. The molecule has 0 fully saturated rings. The van der Waals surface area contributed by atoms with Crippen molar-refractivity contribution in [3.05, 3.63) is 34.9 Å². The molecule has 0 aliphatic carbocycles. The second-order valence-electron chi connectivity index (χ2n) is 4.01. The molecule has 1 aliphatic rings. The Kier molecular flexibility index (Phi) is 2.76. The average molecular weight is 204 g/mol. The van der Waals surface area contributed by atoms with Crippen LogP contribution in [0.15, 0.2) is 18.2 Å². The van der Waals surface area contributed by atoms with Gasteiger partial charge in [-0.05, 0) is 30.4 Å². The van der Waals surface area contributed by atoms with Gasteiger partial charge in [0.1, 0.15) is 6.61 Å². The van der Waals surface area contributed by atoms with E-state index in [1.807, 2.05) is 12.1 Å². The zero-order chi connectivity index (χ0) is 10.8. The fraction of sp³-hybridized carbons (Fsp3) is 0.462. The first-order valence-electron chi connectivity index (χ1n) is 5.56. The molecule has 0 saturated carbocycles. The maximum atomic E-state index is 11.4. The molecule has 0 radical (unpaired) electrons. The third-order valence-corrected chi connectivity index (χ3v) is 3.17. The summed E-state index contributed by atoms with van der Waals surface area (Å²) in [4.78, 5) is 11.4. The lowest BCUT2D eigenvalue weighted by Gasteiger charge is -2.13. The molecule has 80 valence electrons. The Hall–Kier alpha value is -1.31. The largest absolute Gasteiger partial charge is 0.457 e. The van der Waals surface area contributed by atoms with E-state index in [9.17, 15) is 4.79 Å². The van der Waals surface area contributed by atoms with Crippen LogP contribution < -0.4 is 0 Å². The van der Waals surface area contributed by atoms with Gasteiger partial charge in [-0.1, -0.05) is 26.0 Å². The molecule has 1 aromatic carbocycles. The lowest BCUT2D eigenvalue weighted by molar-refractivity contribution is 0.0535. The number of carbonyl (C=O) groups excluding carboxylic acids is 1. The van der Waals surface area contributed by atoms with Gasteiger partial charge < -0.3 is 4.74 Å². The molecule has 1 aliphatic heterocycles. The second-order valence-corrected chi connectivity index (χ2v) is 4.01. The van der Waals surface area contributed by atoms with Crippen LogP contribution in [0.3, 0.4) is 0 Å². The fourth-order valence-corrected chi connectivity index (χ4v) is 2.15. The van der Waals surface area contributed by atoms with Crippen molar-refractivity contribution in [3.63, 3.8) is 0 Å². The number of hydrogen-bond donors (Lipinski definition) is 0. The van der Waals surface area contributed by atoms with Gasteiger partial charge in [0.2, 0.25) is 0 Å². The lowest BCUT2D eigenvalue weighted by Crippen LogP contribution is -1.99. The molecule has 0 aromatic heterocycles. The van der Waals surface area contributed by atoms with Gasteiger partial charge in [-0.3, -0.25) is 0 Å². The normalized spacial score (nSPS) is 14.2. The van der Waals surface area contributed by atoms with Crippen LogP contribution in [-0.2, 0) is 11.3 Å². The number of hydrogen-bond acceptors (Lipinski definition) is 2. The summed E-state index contributed by atoms with van der Waals surface area (Å²) in [5, 5.41) is 0. The molecular weight excluding hydrogens is 188 g/mol. The van der Waals surface area contributed by atoms with Crippen LogP contribution in [-0.4, -0.2) is 5.97 Å². The summed E-state index contributed by atoms with van der Waals surface area (Å²) in [5.41, 5.74) is 3.05. The highest BCUT2D eigenvalue weighted by molar-refractivity contribution is 5.93. The first-order valence-corrected chi connectivity index (χ1v) is 5.56. The molecule has 0 spiro atoms. The molecule has 1 heterocycles. The minimum Gasteiger partial charge on any atom is -0.457 e. The number of esters is 1. The van der Waals surface area contributed by atoms with E-state index in [2.05, 4.69) is 19.9 Å². The summed E-state index contributed by atoms with van der Waals surface area (Å²) in [5.74, 6) is 0.390. The zero-order valence-electron chi connectivity index (χ0n) is 9.25. The molecule has 0 unspecified atom stereocenters. The van der Waals surface area contributed by atoms with Gasteiger partial charge in [0.15, 0.2) is 0 Å². The molecule has 2 heteroatoms. The maximum absolute atomic E-state index is 11.4. The van der Waals surface area contributed by atoms with E-state index < -0.39 is 0 Å². The van der Waals surface area contributed by atoms with Gasteiger partial charge in [-0.2, -0.15) is 0 Å². The Bertz CT molecular complexity index is 378. The summed E-state index contributed by atoms with van der Waals surface area (Å²) in [6.07, 6.45) is 2.23. The van der Waals surface area contributed by atoms with Crippen LogP contribution in [0.25, 0.3) is 0 Å². The molecule has 0 N–H and O–H groups in total. The number of rotatable bonds is 3. The number of cyclic esters (lactones) is 1. The van der Waals surface area contributed by atoms with Crippen molar-refractivity contribution < 1.29 is 9.53 Å². The van der Waals surface area contributed by atoms with Gasteiger partial charge in [0, 0.05) is 5.56 Å². The molecule has 0 saturated heterocycles. The molecule has 0 amide bonds. The van der Waals surface area contributed by atoms with Gasteiger partial charge in [-0.25, -0.2) is 4.79 Å². The monoisotopic (exact) mass is 204 g/mol. The highest BCUT2D eigenvalue weighted by Crippen LogP contribution is 2.28. The Morgan fingerprint density at radius 1 is 1.33 bits per heavy atom. The first-order chi connectivity index (χ1) is 7.26. The number of fused-ring (bicyclic) bond motifs is 1. The van der Waals surface area contributed by atoms with Crippen molar-refractivity contribution >= 4 is 5.97 Å². The summed E-state index contributed by atoms with van der Waals surface area (Å²) < 4.78 is 4.99. The third-order valence-electron chi connectivity index (χ3n) is 3.17. The van der Waals surface area contributed by atoms with Gasteiger partial charge >= 0.3 is 5.97 Å². The summed E-state index contributed by atoms with van der Waals surface area (Å²) in [6.45, 7) is 4.80. The SMILES string of the molecule is CCC(CC)c1ccc2c(c1)C(=O)OC2. The maximum Gasteiger partial charge on any atom is 0.338 e. The fourth-order valence-electron chi connectivity index (χ4n) is 2.15. The van der Waals surface area contributed by atoms with Crippen molar-refractivity contribution in [3.8, 4) is 0 Å². The van der Waals surface area contributed by atoms with E-state index in [0.717, 1.165) is 24.0 Å². The number of carbonyl (C=O) groups is 1. The summed E-state index contributed by atoms with van der Waals surface area (Å²) >= 11 is 0. The summed E-state index contributed by atoms with van der Waals surface area (Å²) in [7, 11) is 0. The highest BCUT2D eigenvalue weighted by Gasteiger charge is 2.22. The predicted octanol–water partition coefficient (Wildman–Crippen LogP) is 3.26. The van der Waals surface area contributed by atoms with E-state index >= 15 is 0 Å². The summed E-state index contributed by atoms with van der Waals surface area (Å²) in [6, 6.07) is 6.15. The van der Waals surface area contributed by atoms with Gasteiger partial charge in [0.05, 0.1) is 5.56 Å². The Labute approximate surface area is 90.3 Å². The van der Waals surface area contributed by atoms with E-state index in [1.54, 1.807) is 0 Å². The molecule has 2 nitrogen and oxygen atoms in total. The van der Waals surface area contributed by atoms with Crippen LogP contribution in [0.1, 0.15) is 54.1 Å². The Balaban J connectivity index is 2.36. The van der Waals surface area contributed by atoms with Crippen LogP contribution in [0.5, 0.6) is 0 Å². The van der Waals surface area contributed by atoms with Gasteiger partial charge in [0.25, 0.3) is 0 Å². The van der Waals surface area contributed by atoms with Crippen molar-refractivity contribution in [1.29, 1.82) is 0 Å². The average Bonchev–Trinajstić information content (AvgIpc) is 2.62. The van der Waals surface area contributed by atoms with Crippen molar-refractivity contribution in [2.75, 3.05) is 0 Å². The lowest BCUT2D eigenvalue weighted by atomic mass is 9.91. The van der Waals surface area contributed by atoms with E-state index in [-0.39, 0.29) is 5.97 Å². The van der Waals surface area contributed by atoms with E-state index in [4.69, 9.17) is 4.74 Å². The quantitative estimate of drug-likeness (QED) is 0.706. The zero-order valence-corrected chi connectivity index (χ0v) is 9.25.